The normalized spacial score (nSPS) is 20.1. The number of fused-ring (bicyclic) bond motifs is 1. The molecule has 1 N–H and O–H groups in total. The van der Waals surface area contributed by atoms with Crippen LogP contribution in [0.1, 0.15) is 36.9 Å². The number of amides is 1. The van der Waals surface area contributed by atoms with E-state index in [9.17, 15) is 9.59 Å². The molecule has 0 aliphatic carbocycles. The second-order valence-electron chi connectivity index (χ2n) is 7.27. The van der Waals surface area contributed by atoms with Crippen LogP contribution in [-0.2, 0) is 16.1 Å². The van der Waals surface area contributed by atoms with Crippen LogP contribution in [0.15, 0.2) is 43.1 Å². The Bertz CT molecular complexity index is 973. The van der Waals surface area contributed by atoms with Crippen LogP contribution in [0.3, 0.4) is 0 Å². The number of aryl methyl sites for hydroxylation is 2. The molecule has 2 aromatic heterocycles. The quantitative estimate of drug-likeness (QED) is 0.683. The molecule has 140 valence electrons. The number of carbonyl (C=O) groups excluding carboxylic acids is 2. The molecule has 1 fully saturated rings. The van der Waals surface area contributed by atoms with Gasteiger partial charge in [0, 0.05) is 48.1 Å². The molecule has 1 saturated heterocycles. The van der Waals surface area contributed by atoms with E-state index in [-0.39, 0.29) is 23.7 Å². The summed E-state index contributed by atoms with van der Waals surface area (Å²) in [5.74, 6) is -0.892. The van der Waals surface area contributed by atoms with Crippen molar-refractivity contribution in [1.29, 1.82) is 0 Å². The van der Waals surface area contributed by atoms with Crippen molar-refractivity contribution in [2.24, 2.45) is 5.92 Å². The Morgan fingerprint density at radius 3 is 2.81 bits per heavy atom. The number of hydrogen-bond donors (Lipinski definition) is 1. The molecule has 3 aromatic rings. The number of hydrogen-bond acceptors (Lipinski definition) is 3. The molecule has 2 unspecified atom stereocenters. The molecule has 6 nitrogen and oxygen atoms in total. The molecule has 0 bridgehead atoms. The first-order chi connectivity index (χ1) is 13.1. The molecule has 2 atom stereocenters. The van der Waals surface area contributed by atoms with Gasteiger partial charge in [0.05, 0.1) is 18.3 Å². The van der Waals surface area contributed by atoms with E-state index in [1.54, 1.807) is 17.4 Å². The van der Waals surface area contributed by atoms with E-state index < -0.39 is 0 Å². The molecule has 1 aromatic carbocycles. The summed E-state index contributed by atoms with van der Waals surface area (Å²) in [4.78, 5) is 34.5. The summed E-state index contributed by atoms with van der Waals surface area (Å²) < 4.78 is 1.99. The first-order valence-electron chi connectivity index (χ1n) is 9.48. The first-order valence-corrected chi connectivity index (χ1v) is 9.48. The number of imidazole rings is 1. The maximum atomic E-state index is 12.7. The van der Waals surface area contributed by atoms with Gasteiger partial charge in [0.25, 0.3) is 5.91 Å². The van der Waals surface area contributed by atoms with Crippen LogP contribution in [0.5, 0.6) is 0 Å². The van der Waals surface area contributed by atoms with Crippen molar-refractivity contribution in [3.8, 4) is 0 Å². The highest BCUT2D eigenvalue weighted by Gasteiger charge is 2.47. The zero-order valence-corrected chi connectivity index (χ0v) is 15.7. The highest BCUT2D eigenvalue weighted by molar-refractivity contribution is 6.39. The van der Waals surface area contributed by atoms with Crippen molar-refractivity contribution in [1.82, 2.24) is 19.4 Å². The number of nitrogens with zero attached hydrogens (tertiary/aromatic N) is 3. The second kappa shape index (κ2) is 7.02. The fourth-order valence-electron chi connectivity index (χ4n) is 4.17. The summed E-state index contributed by atoms with van der Waals surface area (Å²) in [6.07, 6.45) is 8.83. The van der Waals surface area contributed by atoms with Gasteiger partial charge in [-0.15, -0.1) is 0 Å². The maximum Gasteiger partial charge on any atom is 0.290 e. The van der Waals surface area contributed by atoms with Crippen LogP contribution in [0.4, 0.5) is 0 Å². The number of Topliss-reactive ketones (excluding diaryl/α,β-unsaturated/α-hetero) is 1. The highest BCUT2D eigenvalue weighted by atomic mass is 16.2. The average molecular weight is 364 g/mol. The number of carbonyl (C=O) groups is 2. The van der Waals surface area contributed by atoms with Crippen LogP contribution in [0.25, 0.3) is 10.9 Å². The van der Waals surface area contributed by atoms with E-state index in [4.69, 9.17) is 0 Å². The van der Waals surface area contributed by atoms with Crippen LogP contribution in [0.2, 0.25) is 0 Å². The number of nitrogens with one attached hydrogen (secondary N) is 1. The van der Waals surface area contributed by atoms with Gasteiger partial charge in [-0.2, -0.15) is 0 Å². The van der Waals surface area contributed by atoms with Gasteiger partial charge in [-0.1, -0.05) is 19.1 Å². The van der Waals surface area contributed by atoms with Gasteiger partial charge in [0.1, 0.15) is 0 Å². The minimum absolute atomic E-state index is 0.200. The van der Waals surface area contributed by atoms with Crippen molar-refractivity contribution < 1.29 is 9.59 Å². The molecule has 1 aliphatic rings. The predicted octanol–water partition coefficient (Wildman–Crippen LogP) is 3.24. The smallest absolute Gasteiger partial charge is 0.290 e. The number of H-pyrrole nitrogens is 1. The Hall–Kier alpha value is -2.89. The Morgan fingerprint density at radius 2 is 2.07 bits per heavy atom. The molecule has 27 heavy (non-hydrogen) atoms. The molecular formula is C21H24N4O2. The summed E-state index contributed by atoms with van der Waals surface area (Å²) in [5, 5.41) is 1.09. The third-order valence-corrected chi connectivity index (χ3v) is 5.53. The van der Waals surface area contributed by atoms with E-state index in [1.807, 2.05) is 23.9 Å². The highest BCUT2D eigenvalue weighted by Crippen LogP contribution is 2.41. The maximum absolute atomic E-state index is 12.7. The van der Waals surface area contributed by atoms with Gasteiger partial charge in [-0.05, 0) is 31.4 Å². The van der Waals surface area contributed by atoms with Crippen molar-refractivity contribution in [3.05, 3.63) is 54.2 Å². The molecule has 0 saturated carbocycles. The van der Waals surface area contributed by atoms with Crippen molar-refractivity contribution in [3.63, 3.8) is 0 Å². The molecule has 0 radical (unpaired) electrons. The van der Waals surface area contributed by atoms with Crippen LogP contribution in [0, 0.1) is 12.8 Å². The fourth-order valence-corrected chi connectivity index (χ4v) is 4.17. The Morgan fingerprint density at radius 1 is 1.22 bits per heavy atom. The van der Waals surface area contributed by atoms with Crippen LogP contribution < -0.4 is 0 Å². The van der Waals surface area contributed by atoms with E-state index in [0.29, 0.717) is 13.0 Å². The summed E-state index contributed by atoms with van der Waals surface area (Å²) >= 11 is 0. The average Bonchev–Trinajstić information content (AvgIpc) is 3.36. The Kier molecular flexibility index (Phi) is 4.56. The number of ketones is 1. The van der Waals surface area contributed by atoms with Crippen molar-refractivity contribution in [2.45, 2.75) is 39.3 Å². The lowest BCUT2D eigenvalue weighted by atomic mass is 9.90. The molecule has 3 heterocycles. The first kappa shape index (κ1) is 17.5. The summed E-state index contributed by atoms with van der Waals surface area (Å²) in [6.45, 7) is 5.37. The molecular weight excluding hydrogens is 340 g/mol. The van der Waals surface area contributed by atoms with Gasteiger partial charge in [0.2, 0.25) is 5.78 Å². The molecule has 0 spiro atoms. The Balaban J connectivity index is 1.64. The van der Waals surface area contributed by atoms with E-state index >= 15 is 0 Å². The summed E-state index contributed by atoms with van der Waals surface area (Å²) in [7, 11) is 0. The molecule has 4 rings (SSSR count). The van der Waals surface area contributed by atoms with Crippen molar-refractivity contribution in [2.75, 3.05) is 6.54 Å². The number of rotatable bonds is 6. The van der Waals surface area contributed by atoms with Gasteiger partial charge in [-0.25, -0.2) is 4.98 Å². The number of likely N-dealkylation sites (tertiary alicyclic amines) is 1. The van der Waals surface area contributed by atoms with E-state index in [2.05, 4.69) is 35.1 Å². The molecule has 1 aliphatic heterocycles. The topological polar surface area (TPSA) is 71.0 Å². The number of aromatic amines is 1. The summed E-state index contributed by atoms with van der Waals surface area (Å²) in [5.41, 5.74) is 3.27. The minimum Gasteiger partial charge on any atom is -0.361 e. The Labute approximate surface area is 158 Å². The predicted molar refractivity (Wildman–Crippen MR) is 103 cm³/mol. The van der Waals surface area contributed by atoms with Gasteiger partial charge in [0.15, 0.2) is 0 Å². The van der Waals surface area contributed by atoms with Crippen LogP contribution in [-0.4, -0.2) is 37.7 Å². The largest absolute Gasteiger partial charge is 0.361 e. The number of aromatic nitrogens is 3. The minimum atomic E-state index is -0.348. The van der Waals surface area contributed by atoms with Gasteiger partial charge in [-0.3, -0.25) is 9.59 Å². The van der Waals surface area contributed by atoms with Gasteiger partial charge >= 0.3 is 0 Å². The van der Waals surface area contributed by atoms with Crippen molar-refractivity contribution >= 4 is 22.6 Å². The molecule has 1 amide bonds. The van der Waals surface area contributed by atoms with Crippen LogP contribution >= 0.6 is 0 Å². The number of benzene rings is 1. The zero-order valence-electron chi connectivity index (χ0n) is 15.7. The molecule has 6 heteroatoms. The van der Waals surface area contributed by atoms with E-state index in [0.717, 1.165) is 29.4 Å². The lowest BCUT2D eigenvalue weighted by Crippen LogP contribution is -2.31. The fraction of sp³-hybridized carbons (Fsp3) is 0.381. The lowest BCUT2D eigenvalue weighted by Gasteiger charge is -2.27. The second-order valence-corrected chi connectivity index (χ2v) is 7.27. The third kappa shape index (κ3) is 3.05. The lowest BCUT2D eigenvalue weighted by molar-refractivity contribution is -0.141. The van der Waals surface area contributed by atoms with E-state index in [1.165, 1.54) is 5.56 Å². The van der Waals surface area contributed by atoms with Gasteiger partial charge < -0.3 is 14.5 Å². The zero-order chi connectivity index (χ0) is 19.0. The standard InChI is InChI=1S/C21H24N4O2/c1-3-15-19(17-12-23-18-11-14(2)5-6-16(17)18)25(21(27)20(15)26)9-4-8-24-10-7-22-13-24/h5-7,10-13,15,19,23H,3-4,8-9H2,1-2H3. The summed E-state index contributed by atoms with van der Waals surface area (Å²) in [6, 6.07) is 6.05. The monoisotopic (exact) mass is 364 g/mol. The third-order valence-electron chi connectivity index (χ3n) is 5.53. The SMILES string of the molecule is CCC1C(=O)C(=O)N(CCCn2ccnc2)C1c1c[nH]c2cc(C)ccc12.